The lowest BCUT2D eigenvalue weighted by Crippen LogP contribution is -2.44. The number of halogens is 2. The summed E-state index contributed by atoms with van der Waals surface area (Å²) in [5.41, 5.74) is 5.75. The molecule has 0 heterocycles. The highest BCUT2D eigenvalue weighted by Crippen LogP contribution is 2.28. The second kappa shape index (κ2) is 10.3. The molecular weight excluding hydrogens is 371 g/mol. The Kier molecular flexibility index (Phi) is 9.09. The standard InChI is InChI=1S/C16H25FN2O4S.ClH/c1-22-8-9-23-15-7-6-13(17)10-16(15)24(20,21)19-14-5-3-2-4-12(14)11-18;/h6-7,10,12,14,19H,2-5,8-9,11,18H2,1H3;1H. The molecule has 25 heavy (non-hydrogen) atoms. The molecule has 1 aliphatic rings. The third kappa shape index (κ3) is 6.07. The highest BCUT2D eigenvalue weighted by atomic mass is 35.5. The fourth-order valence-electron chi connectivity index (χ4n) is 2.95. The Balaban J connectivity index is 0.00000312. The molecule has 0 bridgehead atoms. The van der Waals surface area contributed by atoms with E-state index in [2.05, 4.69) is 4.72 Å². The van der Waals surface area contributed by atoms with Crippen molar-refractivity contribution >= 4 is 22.4 Å². The van der Waals surface area contributed by atoms with Crippen LogP contribution in [0.2, 0.25) is 0 Å². The molecule has 0 saturated heterocycles. The first kappa shape index (κ1) is 22.1. The lowest BCUT2D eigenvalue weighted by Gasteiger charge is -2.31. The molecule has 1 aromatic carbocycles. The molecule has 6 nitrogen and oxygen atoms in total. The van der Waals surface area contributed by atoms with Crippen molar-refractivity contribution in [2.75, 3.05) is 26.9 Å². The molecular formula is C16H26ClFN2O4S. The number of ether oxygens (including phenoxy) is 2. The molecule has 0 amide bonds. The Hall–Kier alpha value is -0.930. The summed E-state index contributed by atoms with van der Waals surface area (Å²) in [6.07, 6.45) is 3.62. The number of nitrogens with one attached hydrogen (secondary N) is 1. The van der Waals surface area contributed by atoms with Crippen LogP contribution in [0.4, 0.5) is 4.39 Å². The molecule has 2 rings (SSSR count). The predicted octanol–water partition coefficient (Wildman–Crippen LogP) is 2.07. The molecule has 0 aromatic heterocycles. The van der Waals surface area contributed by atoms with E-state index in [1.165, 1.54) is 19.2 Å². The van der Waals surface area contributed by atoms with Gasteiger partial charge in [-0.2, -0.15) is 0 Å². The Morgan fingerprint density at radius 1 is 1.28 bits per heavy atom. The summed E-state index contributed by atoms with van der Waals surface area (Å²) in [5, 5.41) is 0. The van der Waals surface area contributed by atoms with Gasteiger partial charge in [0.1, 0.15) is 23.1 Å². The van der Waals surface area contributed by atoms with Gasteiger partial charge in [0.25, 0.3) is 0 Å². The monoisotopic (exact) mass is 396 g/mol. The van der Waals surface area contributed by atoms with Gasteiger partial charge in [0.05, 0.1) is 6.61 Å². The van der Waals surface area contributed by atoms with Crippen molar-refractivity contribution in [3.05, 3.63) is 24.0 Å². The average Bonchev–Trinajstić information content (AvgIpc) is 2.56. The normalized spacial score (nSPS) is 20.8. The zero-order valence-corrected chi connectivity index (χ0v) is 15.9. The van der Waals surface area contributed by atoms with Crippen LogP contribution in [0.5, 0.6) is 5.75 Å². The van der Waals surface area contributed by atoms with E-state index in [1.54, 1.807) is 0 Å². The molecule has 2 unspecified atom stereocenters. The molecule has 1 aliphatic carbocycles. The van der Waals surface area contributed by atoms with Crippen molar-refractivity contribution in [1.29, 1.82) is 0 Å². The van der Waals surface area contributed by atoms with Crippen molar-refractivity contribution in [3.8, 4) is 5.75 Å². The van der Waals surface area contributed by atoms with E-state index in [9.17, 15) is 12.8 Å². The van der Waals surface area contributed by atoms with Crippen molar-refractivity contribution in [3.63, 3.8) is 0 Å². The molecule has 1 fully saturated rings. The number of benzene rings is 1. The van der Waals surface area contributed by atoms with Crippen LogP contribution < -0.4 is 15.2 Å². The fourth-order valence-corrected chi connectivity index (χ4v) is 4.45. The maximum Gasteiger partial charge on any atom is 0.244 e. The van der Waals surface area contributed by atoms with Gasteiger partial charge in [-0.3, -0.25) is 0 Å². The molecule has 0 spiro atoms. The number of nitrogens with two attached hydrogens (primary N) is 1. The average molecular weight is 397 g/mol. The number of methoxy groups -OCH3 is 1. The Bertz CT molecular complexity index is 645. The SMILES string of the molecule is COCCOc1ccc(F)cc1S(=O)(=O)NC1CCCCC1CN.Cl. The van der Waals surface area contributed by atoms with Gasteiger partial charge in [-0.1, -0.05) is 12.8 Å². The zero-order valence-electron chi connectivity index (χ0n) is 14.2. The molecule has 9 heteroatoms. The van der Waals surface area contributed by atoms with Gasteiger partial charge in [-0.25, -0.2) is 17.5 Å². The van der Waals surface area contributed by atoms with Crippen LogP contribution >= 0.6 is 12.4 Å². The van der Waals surface area contributed by atoms with E-state index in [0.29, 0.717) is 13.2 Å². The van der Waals surface area contributed by atoms with Crippen LogP contribution in [0.1, 0.15) is 25.7 Å². The largest absolute Gasteiger partial charge is 0.490 e. The van der Waals surface area contributed by atoms with Gasteiger partial charge in [0.15, 0.2) is 0 Å². The van der Waals surface area contributed by atoms with Crippen molar-refractivity contribution in [1.82, 2.24) is 4.72 Å². The highest BCUT2D eigenvalue weighted by molar-refractivity contribution is 7.89. The van der Waals surface area contributed by atoms with Crippen molar-refractivity contribution in [2.24, 2.45) is 11.7 Å². The maximum absolute atomic E-state index is 13.6. The second-order valence-electron chi connectivity index (χ2n) is 5.94. The smallest absolute Gasteiger partial charge is 0.244 e. The molecule has 144 valence electrons. The summed E-state index contributed by atoms with van der Waals surface area (Å²) in [4.78, 5) is -0.194. The first-order chi connectivity index (χ1) is 11.5. The van der Waals surface area contributed by atoms with Crippen molar-refractivity contribution < 1.29 is 22.3 Å². The summed E-state index contributed by atoms with van der Waals surface area (Å²) >= 11 is 0. The number of hydrogen-bond acceptors (Lipinski definition) is 5. The second-order valence-corrected chi connectivity index (χ2v) is 7.62. The van der Waals surface area contributed by atoms with Crippen LogP contribution in [0.3, 0.4) is 0 Å². The topological polar surface area (TPSA) is 90.6 Å². The van der Waals surface area contributed by atoms with Crippen molar-refractivity contribution in [2.45, 2.75) is 36.6 Å². The minimum absolute atomic E-state index is 0. The Morgan fingerprint density at radius 3 is 2.68 bits per heavy atom. The maximum atomic E-state index is 13.6. The Morgan fingerprint density at radius 2 is 2.00 bits per heavy atom. The molecule has 3 N–H and O–H groups in total. The summed E-state index contributed by atoms with van der Waals surface area (Å²) in [6, 6.07) is 3.24. The quantitative estimate of drug-likeness (QED) is 0.656. The van der Waals surface area contributed by atoms with Gasteiger partial charge in [-0.15, -0.1) is 12.4 Å². The molecule has 1 saturated carbocycles. The zero-order chi connectivity index (χ0) is 17.6. The van der Waals surface area contributed by atoms with Gasteiger partial charge in [0, 0.05) is 13.2 Å². The number of sulfonamides is 1. The first-order valence-electron chi connectivity index (χ1n) is 8.11. The van der Waals surface area contributed by atoms with Gasteiger partial charge < -0.3 is 15.2 Å². The highest BCUT2D eigenvalue weighted by Gasteiger charge is 2.30. The van der Waals surface area contributed by atoms with E-state index < -0.39 is 15.8 Å². The van der Waals surface area contributed by atoms with Gasteiger partial charge >= 0.3 is 0 Å². The van der Waals surface area contributed by atoms with E-state index in [-0.39, 0.29) is 41.6 Å². The molecule has 1 aromatic rings. The predicted molar refractivity (Wildman–Crippen MR) is 96.1 cm³/mol. The van der Waals surface area contributed by atoms with E-state index >= 15 is 0 Å². The summed E-state index contributed by atoms with van der Waals surface area (Å²) in [6.45, 7) is 0.912. The lowest BCUT2D eigenvalue weighted by molar-refractivity contribution is 0.144. The molecule has 0 radical (unpaired) electrons. The fraction of sp³-hybridized carbons (Fsp3) is 0.625. The van der Waals surface area contributed by atoms with Crippen LogP contribution in [0, 0.1) is 11.7 Å². The van der Waals surface area contributed by atoms with Crippen LogP contribution in [0.25, 0.3) is 0 Å². The van der Waals surface area contributed by atoms with Crippen LogP contribution in [-0.4, -0.2) is 41.3 Å². The minimum atomic E-state index is -3.90. The summed E-state index contributed by atoms with van der Waals surface area (Å²) in [7, 11) is -2.39. The third-order valence-corrected chi connectivity index (χ3v) is 5.77. The first-order valence-corrected chi connectivity index (χ1v) is 9.60. The van der Waals surface area contributed by atoms with E-state index in [0.717, 1.165) is 31.7 Å². The summed E-state index contributed by atoms with van der Waals surface area (Å²) in [5.74, 6) is -0.422. The van der Waals surface area contributed by atoms with Crippen LogP contribution in [-0.2, 0) is 14.8 Å². The van der Waals surface area contributed by atoms with Crippen LogP contribution in [0.15, 0.2) is 23.1 Å². The number of rotatable bonds is 8. The lowest BCUT2D eigenvalue weighted by atomic mass is 9.85. The van der Waals surface area contributed by atoms with E-state index in [4.69, 9.17) is 15.2 Å². The third-order valence-electron chi connectivity index (χ3n) is 4.26. The van der Waals surface area contributed by atoms with E-state index in [1.807, 2.05) is 0 Å². The van der Waals surface area contributed by atoms with Gasteiger partial charge in [0.2, 0.25) is 10.0 Å². The van der Waals surface area contributed by atoms with Gasteiger partial charge in [-0.05, 0) is 43.5 Å². The summed E-state index contributed by atoms with van der Waals surface area (Å²) < 4.78 is 52.1. The molecule has 0 aliphatic heterocycles. The Labute approximate surface area is 154 Å². The minimum Gasteiger partial charge on any atom is -0.490 e. The molecule has 2 atom stereocenters. The number of hydrogen-bond donors (Lipinski definition) is 2.